The Morgan fingerprint density at radius 3 is 2.76 bits per heavy atom. The molecule has 0 aliphatic rings. The molecule has 0 aliphatic carbocycles. The Morgan fingerprint density at radius 2 is 2.12 bits per heavy atom. The average molecular weight is 231 g/mol. The molecule has 0 aliphatic heterocycles. The van der Waals surface area contributed by atoms with Gasteiger partial charge in [-0.15, -0.1) is 10.2 Å². The Hall–Kier alpha value is -1.75. The maximum atomic E-state index is 4.05. The standard InChI is InChI=1S/C12H17N5/c1-10(11-3-6-13-7-4-11)14-8-5-12-16-15-9-17(12)2/h3-4,6-7,9-10,14H,5,8H2,1-2H3. The molecule has 2 aromatic heterocycles. The van der Waals surface area contributed by atoms with Crippen molar-refractivity contribution in [2.24, 2.45) is 7.05 Å². The van der Waals surface area contributed by atoms with Crippen molar-refractivity contribution in [2.45, 2.75) is 19.4 Å². The molecule has 17 heavy (non-hydrogen) atoms. The van der Waals surface area contributed by atoms with Crippen LogP contribution in [0.3, 0.4) is 0 Å². The molecule has 5 heteroatoms. The molecule has 1 N–H and O–H groups in total. The van der Waals surface area contributed by atoms with Gasteiger partial charge in [-0.3, -0.25) is 4.98 Å². The molecule has 0 spiro atoms. The van der Waals surface area contributed by atoms with Crippen LogP contribution in [0.1, 0.15) is 24.4 Å². The van der Waals surface area contributed by atoms with Gasteiger partial charge in [-0.1, -0.05) is 0 Å². The second-order valence-corrected chi connectivity index (χ2v) is 4.06. The summed E-state index contributed by atoms with van der Waals surface area (Å²) in [7, 11) is 1.96. The Bertz CT molecular complexity index is 451. The molecule has 2 heterocycles. The van der Waals surface area contributed by atoms with Crippen molar-refractivity contribution in [1.82, 2.24) is 25.1 Å². The van der Waals surface area contributed by atoms with E-state index in [2.05, 4.69) is 27.4 Å². The van der Waals surface area contributed by atoms with E-state index >= 15 is 0 Å². The third-order valence-corrected chi connectivity index (χ3v) is 2.81. The fraction of sp³-hybridized carbons (Fsp3) is 0.417. The van der Waals surface area contributed by atoms with Gasteiger partial charge in [0.25, 0.3) is 0 Å². The number of pyridine rings is 1. The molecular formula is C12H17N5. The predicted molar refractivity (Wildman–Crippen MR) is 65.4 cm³/mol. The molecule has 5 nitrogen and oxygen atoms in total. The number of hydrogen-bond acceptors (Lipinski definition) is 4. The van der Waals surface area contributed by atoms with Gasteiger partial charge in [-0.2, -0.15) is 0 Å². The molecule has 2 aromatic rings. The summed E-state index contributed by atoms with van der Waals surface area (Å²) in [5.41, 5.74) is 1.25. The largest absolute Gasteiger partial charge is 0.321 e. The lowest BCUT2D eigenvalue weighted by molar-refractivity contribution is 0.564. The molecule has 0 bridgehead atoms. The first-order chi connectivity index (χ1) is 8.27. The monoisotopic (exact) mass is 231 g/mol. The SMILES string of the molecule is CC(NCCc1nncn1C)c1ccncc1. The maximum absolute atomic E-state index is 4.05. The minimum atomic E-state index is 0.325. The van der Waals surface area contributed by atoms with Crippen LogP contribution < -0.4 is 5.32 Å². The number of nitrogens with one attached hydrogen (secondary N) is 1. The van der Waals surface area contributed by atoms with Crippen molar-refractivity contribution in [3.8, 4) is 0 Å². The van der Waals surface area contributed by atoms with Gasteiger partial charge < -0.3 is 9.88 Å². The number of nitrogens with zero attached hydrogens (tertiary/aromatic N) is 4. The normalized spacial score (nSPS) is 12.6. The van der Waals surface area contributed by atoms with Crippen LogP contribution in [0.25, 0.3) is 0 Å². The zero-order chi connectivity index (χ0) is 12.1. The highest BCUT2D eigenvalue weighted by Gasteiger charge is 2.05. The molecule has 0 fully saturated rings. The molecule has 0 aromatic carbocycles. The minimum Gasteiger partial charge on any atom is -0.321 e. The lowest BCUT2D eigenvalue weighted by Gasteiger charge is -2.13. The lowest BCUT2D eigenvalue weighted by atomic mass is 10.1. The first-order valence-corrected chi connectivity index (χ1v) is 5.73. The van der Waals surface area contributed by atoms with Crippen LogP contribution in [-0.4, -0.2) is 26.3 Å². The molecule has 90 valence electrons. The molecule has 0 radical (unpaired) electrons. The fourth-order valence-electron chi connectivity index (χ4n) is 1.70. The van der Waals surface area contributed by atoms with Gasteiger partial charge in [0.15, 0.2) is 0 Å². The lowest BCUT2D eigenvalue weighted by Crippen LogP contribution is -2.22. The summed E-state index contributed by atoms with van der Waals surface area (Å²) in [4.78, 5) is 4.01. The van der Waals surface area contributed by atoms with E-state index in [1.807, 2.05) is 36.1 Å². The quantitative estimate of drug-likeness (QED) is 0.837. The first kappa shape index (κ1) is 11.7. The van der Waals surface area contributed by atoms with Crippen LogP contribution >= 0.6 is 0 Å². The van der Waals surface area contributed by atoms with Crippen molar-refractivity contribution in [3.05, 3.63) is 42.2 Å². The Labute approximate surface area is 101 Å². The van der Waals surface area contributed by atoms with E-state index in [0.717, 1.165) is 18.8 Å². The summed E-state index contributed by atoms with van der Waals surface area (Å²) < 4.78 is 1.94. The summed E-state index contributed by atoms with van der Waals surface area (Å²) >= 11 is 0. The molecule has 1 unspecified atom stereocenters. The Kier molecular flexibility index (Phi) is 3.82. The van der Waals surface area contributed by atoms with Crippen LogP contribution in [0.15, 0.2) is 30.9 Å². The highest BCUT2D eigenvalue weighted by molar-refractivity contribution is 5.13. The van der Waals surface area contributed by atoms with E-state index in [4.69, 9.17) is 0 Å². The summed E-state index contributed by atoms with van der Waals surface area (Å²) in [6.45, 7) is 3.03. The van der Waals surface area contributed by atoms with E-state index in [-0.39, 0.29) is 0 Å². The van der Waals surface area contributed by atoms with Crippen molar-refractivity contribution >= 4 is 0 Å². The van der Waals surface area contributed by atoms with Gasteiger partial charge in [-0.05, 0) is 24.6 Å². The third kappa shape index (κ3) is 3.10. The molecule has 0 saturated carbocycles. The fourth-order valence-corrected chi connectivity index (χ4v) is 1.70. The second-order valence-electron chi connectivity index (χ2n) is 4.06. The zero-order valence-electron chi connectivity index (χ0n) is 10.2. The highest BCUT2D eigenvalue weighted by atomic mass is 15.2. The van der Waals surface area contributed by atoms with Gasteiger partial charge in [0, 0.05) is 38.4 Å². The van der Waals surface area contributed by atoms with E-state index < -0.39 is 0 Å². The van der Waals surface area contributed by atoms with Crippen molar-refractivity contribution in [2.75, 3.05) is 6.54 Å². The number of rotatable bonds is 5. The van der Waals surface area contributed by atoms with Gasteiger partial charge in [0.05, 0.1) is 0 Å². The maximum Gasteiger partial charge on any atom is 0.133 e. The van der Waals surface area contributed by atoms with E-state index in [1.165, 1.54) is 5.56 Å². The number of aryl methyl sites for hydroxylation is 1. The molecule has 0 amide bonds. The van der Waals surface area contributed by atoms with Crippen molar-refractivity contribution in [3.63, 3.8) is 0 Å². The number of hydrogen-bond donors (Lipinski definition) is 1. The molecule has 2 rings (SSSR count). The summed E-state index contributed by atoms with van der Waals surface area (Å²) in [6, 6.07) is 4.38. The van der Waals surface area contributed by atoms with E-state index in [9.17, 15) is 0 Å². The molecule has 0 saturated heterocycles. The highest BCUT2D eigenvalue weighted by Crippen LogP contribution is 2.09. The zero-order valence-corrected chi connectivity index (χ0v) is 10.2. The smallest absolute Gasteiger partial charge is 0.133 e. The molecule has 1 atom stereocenters. The van der Waals surface area contributed by atoms with Gasteiger partial charge in [-0.25, -0.2) is 0 Å². The van der Waals surface area contributed by atoms with Gasteiger partial charge in [0.1, 0.15) is 12.2 Å². The second kappa shape index (κ2) is 5.54. The summed E-state index contributed by atoms with van der Waals surface area (Å²) in [5, 5.41) is 11.4. The van der Waals surface area contributed by atoms with Crippen LogP contribution in [-0.2, 0) is 13.5 Å². The Balaban J connectivity index is 1.81. The summed E-state index contributed by atoms with van der Waals surface area (Å²) in [5.74, 6) is 0.999. The van der Waals surface area contributed by atoms with E-state index in [1.54, 1.807) is 6.33 Å². The van der Waals surface area contributed by atoms with Crippen molar-refractivity contribution < 1.29 is 0 Å². The van der Waals surface area contributed by atoms with E-state index in [0.29, 0.717) is 6.04 Å². The third-order valence-electron chi connectivity index (χ3n) is 2.81. The Morgan fingerprint density at radius 1 is 1.35 bits per heavy atom. The van der Waals surface area contributed by atoms with Crippen LogP contribution in [0.4, 0.5) is 0 Å². The van der Waals surface area contributed by atoms with Crippen molar-refractivity contribution in [1.29, 1.82) is 0 Å². The topological polar surface area (TPSA) is 55.6 Å². The number of aromatic nitrogens is 4. The first-order valence-electron chi connectivity index (χ1n) is 5.73. The van der Waals surface area contributed by atoms with Gasteiger partial charge >= 0.3 is 0 Å². The minimum absolute atomic E-state index is 0.325. The van der Waals surface area contributed by atoms with Crippen LogP contribution in [0.2, 0.25) is 0 Å². The summed E-state index contributed by atoms with van der Waals surface area (Å²) in [6.07, 6.45) is 6.24. The molecular weight excluding hydrogens is 214 g/mol. The van der Waals surface area contributed by atoms with Gasteiger partial charge in [0.2, 0.25) is 0 Å². The van der Waals surface area contributed by atoms with Crippen LogP contribution in [0.5, 0.6) is 0 Å². The van der Waals surface area contributed by atoms with Crippen LogP contribution in [0, 0.1) is 0 Å². The predicted octanol–water partition coefficient (Wildman–Crippen LogP) is 1.10. The average Bonchev–Trinajstić information content (AvgIpc) is 2.76.